The number of primary amides is 1. The van der Waals surface area contributed by atoms with E-state index in [0.29, 0.717) is 0 Å². The van der Waals surface area contributed by atoms with Crippen LogP contribution in [0.25, 0.3) is 5.76 Å². The fourth-order valence-electron chi connectivity index (χ4n) is 5.27. The minimum Gasteiger partial charge on any atom is -0.508 e. The van der Waals surface area contributed by atoms with Gasteiger partial charge in [0.1, 0.15) is 22.8 Å². The molecule has 0 radical (unpaired) electrons. The largest absolute Gasteiger partial charge is 0.508 e. The fourth-order valence-corrected chi connectivity index (χ4v) is 5.27. The number of nitrogens with two attached hydrogens (primary N) is 1. The van der Waals surface area contributed by atoms with Gasteiger partial charge in [0.25, 0.3) is 5.91 Å². The lowest BCUT2D eigenvalue weighted by molar-refractivity contribution is -0.147. The summed E-state index contributed by atoms with van der Waals surface area (Å²) >= 11 is 0. The predicted octanol–water partition coefficient (Wildman–Crippen LogP) is 0.829. The summed E-state index contributed by atoms with van der Waals surface area (Å²) in [6, 6.07) is 1.23. The summed E-state index contributed by atoms with van der Waals surface area (Å²) in [5.74, 6) is -8.67. The number of hydrogen-bond donors (Lipinski definition) is 5. The molecule has 1 amide bonds. The normalized spacial score (nSPS) is 26.5. The van der Waals surface area contributed by atoms with Crippen molar-refractivity contribution in [2.45, 2.75) is 38.7 Å². The Labute approximate surface area is 187 Å². The molecule has 0 bridgehead atoms. The van der Waals surface area contributed by atoms with Crippen LogP contribution in [0.5, 0.6) is 5.75 Å². The first kappa shape index (κ1) is 22.4. The number of fused-ring (bicyclic) bond motifs is 3. The van der Waals surface area contributed by atoms with Crippen molar-refractivity contribution in [3.8, 4) is 5.75 Å². The summed E-state index contributed by atoms with van der Waals surface area (Å²) in [6.45, 7) is 2.42. The quantitative estimate of drug-likeness (QED) is 0.324. The van der Waals surface area contributed by atoms with Crippen LogP contribution < -0.4 is 5.73 Å². The molecule has 10 nitrogen and oxygen atoms in total. The van der Waals surface area contributed by atoms with Gasteiger partial charge in [-0.3, -0.25) is 24.0 Å². The first-order valence-electron chi connectivity index (χ1n) is 10.2. The number of aliphatic hydroxyl groups is 3. The molecule has 0 spiro atoms. The maximum atomic E-state index is 13.4. The van der Waals surface area contributed by atoms with Crippen molar-refractivity contribution < 1.29 is 44.4 Å². The van der Waals surface area contributed by atoms with Gasteiger partial charge in [0.05, 0.1) is 11.1 Å². The van der Waals surface area contributed by atoms with Crippen molar-refractivity contribution in [3.63, 3.8) is 0 Å². The van der Waals surface area contributed by atoms with Gasteiger partial charge in [0.2, 0.25) is 5.78 Å². The zero-order valence-corrected chi connectivity index (χ0v) is 17.8. The van der Waals surface area contributed by atoms with E-state index in [1.54, 1.807) is 0 Å². The summed E-state index contributed by atoms with van der Waals surface area (Å²) in [5, 5.41) is 43.5. The van der Waals surface area contributed by atoms with Crippen molar-refractivity contribution in [2.24, 2.45) is 17.6 Å². The lowest BCUT2D eigenvalue weighted by atomic mass is 9.59. The van der Waals surface area contributed by atoms with Crippen LogP contribution in [0.1, 0.15) is 58.5 Å². The monoisotopic (exact) mass is 455 g/mol. The molecule has 10 heteroatoms. The molecule has 3 aliphatic rings. The van der Waals surface area contributed by atoms with Crippen LogP contribution in [0, 0.1) is 11.8 Å². The third-order valence-corrected chi connectivity index (χ3v) is 6.82. The lowest BCUT2D eigenvalue weighted by Crippen LogP contribution is -2.58. The van der Waals surface area contributed by atoms with E-state index in [9.17, 15) is 44.4 Å². The minimum atomic E-state index is -2.67. The molecule has 6 N–H and O–H groups in total. The Morgan fingerprint density at radius 2 is 1.64 bits per heavy atom. The highest BCUT2D eigenvalue weighted by atomic mass is 16.3. The number of aromatic hydroxyl groups is 1. The number of benzene rings is 1. The SMILES string of the molecule is CC(=O)c1cc(C(C)=O)c2c(c1O)C(O)=C1C(=O)C3(O)C(O)=C(C(N)=O)C(=O)CC3CC1C2. The van der Waals surface area contributed by atoms with Crippen LogP contribution in [0.15, 0.2) is 23.0 Å². The van der Waals surface area contributed by atoms with Gasteiger partial charge in [-0.05, 0) is 44.2 Å². The molecule has 0 aromatic heterocycles. The zero-order chi connectivity index (χ0) is 24.6. The molecule has 3 atom stereocenters. The van der Waals surface area contributed by atoms with Gasteiger partial charge in [-0.2, -0.15) is 0 Å². The molecule has 3 aliphatic carbocycles. The maximum Gasteiger partial charge on any atom is 0.255 e. The number of phenolic OH excluding ortho intramolecular Hbond substituents is 1. The highest BCUT2D eigenvalue weighted by Crippen LogP contribution is 2.52. The van der Waals surface area contributed by atoms with E-state index in [4.69, 9.17) is 5.73 Å². The number of hydrogen-bond acceptors (Lipinski definition) is 9. The average molecular weight is 455 g/mol. The number of carbonyl (C=O) groups excluding carboxylic acids is 5. The van der Waals surface area contributed by atoms with Crippen LogP contribution >= 0.6 is 0 Å². The van der Waals surface area contributed by atoms with Gasteiger partial charge in [-0.25, -0.2) is 0 Å². The van der Waals surface area contributed by atoms with Crippen molar-refractivity contribution in [1.29, 1.82) is 0 Å². The van der Waals surface area contributed by atoms with Gasteiger partial charge in [-0.1, -0.05) is 0 Å². The smallest absolute Gasteiger partial charge is 0.255 e. The van der Waals surface area contributed by atoms with Crippen LogP contribution in [-0.2, 0) is 20.8 Å². The molecule has 172 valence electrons. The number of amides is 1. The number of carbonyl (C=O) groups is 5. The molecule has 0 heterocycles. The topological polar surface area (TPSA) is 192 Å². The fraction of sp³-hybridized carbons (Fsp3) is 0.348. The zero-order valence-electron chi connectivity index (χ0n) is 17.8. The first-order chi connectivity index (χ1) is 15.3. The third kappa shape index (κ3) is 2.87. The Kier molecular flexibility index (Phi) is 4.83. The average Bonchev–Trinajstić information content (AvgIpc) is 2.70. The van der Waals surface area contributed by atoms with Crippen LogP contribution in [0.4, 0.5) is 0 Å². The molecule has 1 aromatic carbocycles. The van der Waals surface area contributed by atoms with E-state index in [-0.39, 0.29) is 40.7 Å². The van der Waals surface area contributed by atoms with Crippen molar-refractivity contribution in [1.82, 2.24) is 0 Å². The van der Waals surface area contributed by atoms with Crippen molar-refractivity contribution in [2.75, 3.05) is 0 Å². The van der Waals surface area contributed by atoms with E-state index < -0.39 is 75.7 Å². The van der Waals surface area contributed by atoms with Gasteiger partial charge >= 0.3 is 0 Å². The number of Topliss-reactive ketones (excluding diaryl/α,β-unsaturated/α-hetero) is 4. The summed E-state index contributed by atoms with van der Waals surface area (Å²) in [5.41, 5.74) is 1.07. The Bertz CT molecular complexity index is 1270. The van der Waals surface area contributed by atoms with Crippen LogP contribution in [-0.4, -0.2) is 55.1 Å². The number of aliphatic hydroxyl groups excluding tert-OH is 2. The lowest BCUT2D eigenvalue weighted by Gasteiger charge is -2.46. The molecule has 3 unspecified atom stereocenters. The molecule has 1 aromatic rings. The second-order valence-corrected chi connectivity index (χ2v) is 8.69. The third-order valence-electron chi connectivity index (χ3n) is 6.82. The molecule has 33 heavy (non-hydrogen) atoms. The molecule has 1 fully saturated rings. The summed E-state index contributed by atoms with van der Waals surface area (Å²) in [4.78, 5) is 61.7. The standard InChI is InChI=1S/C23H21NO9/c1-7(25)11-6-12(8(2)26)18(28)16-13(11)4-9-3-10-5-14(27)17(22(24)32)21(31)23(10,33)20(30)15(9)19(16)29/h6,9-10,28-29,31,33H,3-5H2,1-2H3,(H2,24,32). The summed E-state index contributed by atoms with van der Waals surface area (Å²) < 4.78 is 0. The molecule has 1 saturated carbocycles. The van der Waals surface area contributed by atoms with Crippen molar-refractivity contribution >= 4 is 34.8 Å². The highest BCUT2D eigenvalue weighted by Gasteiger charge is 2.60. The van der Waals surface area contributed by atoms with Gasteiger partial charge in [0, 0.05) is 23.5 Å². The van der Waals surface area contributed by atoms with E-state index in [1.165, 1.54) is 13.0 Å². The Morgan fingerprint density at radius 1 is 1.03 bits per heavy atom. The predicted molar refractivity (Wildman–Crippen MR) is 111 cm³/mol. The maximum absolute atomic E-state index is 13.4. The van der Waals surface area contributed by atoms with E-state index in [2.05, 4.69) is 0 Å². The van der Waals surface area contributed by atoms with E-state index in [0.717, 1.165) is 6.92 Å². The van der Waals surface area contributed by atoms with Gasteiger partial charge in [0.15, 0.2) is 23.0 Å². The molecule has 4 rings (SSSR count). The Morgan fingerprint density at radius 3 is 2.18 bits per heavy atom. The minimum absolute atomic E-state index is 0.00491. The second kappa shape index (κ2) is 7.11. The second-order valence-electron chi connectivity index (χ2n) is 8.69. The molecular weight excluding hydrogens is 434 g/mol. The molecular formula is C23H21NO9. The number of rotatable bonds is 3. The van der Waals surface area contributed by atoms with Crippen LogP contribution in [0.2, 0.25) is 0 Å². The van der Waals surface area contributed by atoms with Gasteiger partial charge in [-0.15, -0.1) is 0 Å². The van der Waals surface area contributed by atoms with Crippen LogP contribution in [0.3, 0.4) is 0 Å². The number of ketones is 4. The Balaban J connectivity index is 2.00. The Hall–Kier alpha value is -3.79. The molecule has 0 saturated heterocycles. The van der Waals surface area contributed by atoms with Crippen molar-refractivity contribution in [3.05, 3.63) is 45.2 Å². The number of phenols is 1. The van der Waals surface area contributed by atoms with E-state index >= 15 is 0 Å². The highest BCUT2D eigenvalue weighted by molar-refractivity contribution is 6.23. The summed E-state index contributed by atoms with van der Waals surface area (Å²) in [6.07, 6.45) is -0.486. The first-order valence-corrected chi connectivity index (χ1v) is 10.2. The van der Waals surface area contributed by atoms with Gasteiger partial charge < -0.3 is 26.2 Å². The molecule has 0 aliphatic heterocycles. The summed E-state index contributed by atoms with van der Waals surface area (Å²) in [7, 11) is 0. The van der Waals surface area contributed by atoms with E-state index in [1.807, 2.05) is 0 Å².